The van der Waals surface area contributed by atoms with Crippen molar-refractivity contribution in [3.63, 3.8) is 0 Å². The summed E-state index contributed by atoms with van der Waals surface area (Å²) in [5.41, 5.74) is 2.47. The van der Waals surface area contributed by atoms with Crippen molar-refractivity contribution in [1.29, 1.82) is 0 Å². The molecule has 0 saturated carbocycles. The Kier molecular flexibility index (Phi) is 4.19. The van der Waals surface area contributed by atoms with Gasteiger partial charge in [-0.25, -0.2) is 14.4 Å². The summed E-state index contributed by atoms with van der Waals surface area (Å²) in [5.74, 6) is 1.74. The smallest absolute Gasteiger partial charge is 0.162 e. The van der Waals surface area contributed by atoms with Crippen molar-refractivity contribution >= 4 is 22.4 Å². The molecule has 0 bridgehead atoms. The van der Waals surface area contributed by atoms with Crippen molar-refractivity contribution in [3.05, 3.63) is 78.6 Å². The summed E-state index contributed by atoms with van der Waals surface area (Å²) in [4.78, 5) is 9.27. The van der Waals surface area contributed by atoms with E-state index in [-0.39, 0.29) is 5.82 Å². The van der Waals surface area contributed by atoms with Crippen LogP contribution in [0.15, 0.2) is 72.8 Å². The molecule has 0 aliphatic heterocycles. The second kappa shape index (κ2) is 6.80. The molecule has 5 heteroatoms. The topological polar surface area (TPSA) is 47.0 Å². The summed E-state index contributed by atoms with van der Waals surface area (Å²) >= 11 is 0. The van der Waals surface area contributed by atoms with Crippen LogP contribution < -0.4 is 10.1 Å². The van der Waals surface area contributed by atoms with E-state index in [0.717, 1.165) is 27.9 Å². The molecule has 4 nitrogen and oxygen atoms in total. The fourth-order valence-electron chi connectivity index (χ4n) is 2.71. The maximum Gasteiger partial charge on any atom is 0.162 e. The quantitative estimate of drug-likeness (QED) is 0.553. The molecular weight excluding hydrogens is 329 g/mol. The normalized spacial score (nSPS) is 10.7. The maximum absolute atomic E-state index is 13.2. The summed E-state index contributed by atoms with van der Waals surface area (Å²) in [6, 6.07) is 21.6. The van der Waals surface area contributed by atoms with E-state index in [1.54, 1.807) is 19.2 Å². The zero-order valence-corrected chi connectivity index (χ0v) is 14.1. The van der Waals surface area contributed by atoms with Crippen molar-refractivity contribution in [3.8, 4) is 17.1 Å². The molecule has 0 aliphatic carbocycles. The standard InChI is InChI=1S/C21H16FN3O/c1-26-17-12-10-16(11-13-17)23-21-18-4-2-3-5-19(18)24-20(25-21)14-6-8-15(22)9-7-14/h2-13H,1H3,(H,23,24,25). The molecule has 0 radical (unpaired) electrons. The molecule has 0 fully saturated rings. The lowest BCUT2D eigenvalue weighted by Crippen LogP contribution is -1.99. The molecule has 0 spiro atoms. The van der Waals surface area contributed by atoms with Crippen molar-refractivity contribution in [2.75, 3.05) is 12.4 Å². The Labute approximate surface area is 150 Å². The van der Waals surface area contributed by atoms with E-state index in [1.165, 1.54) is 12.1 Å². The molecule has 0 unspecified atom stereocenters. The number of anilines is 2. The number of benzene rings is 3. The monoisotopic (exact) mass is 345 g/mol. The molecule has 1 heterocycles. The number of halogens is 1. The number of hydrogen-bond acceptors (Lipinski definition) is 4. The van der Waals surface area contributed by atoms with E-state index in [9.17, 15) is 4.39 Å². The largest absolute Gasteiger partial charge is 0.497 e. The fourth-order valence-corrected chi connectivity index (χ4v) is 2.71. The number of hydrogen-bond donors (Lipinski definition) is 1. The first kappa shape index (κ1) is 16.0. The summed E-state index contributed by atoms with van der Waals surface area (Å²) in [6.07, 6.45) is 0. The first-order valence-electron chi connectivity index (χ1n) is 8.17. The number of nitrogens with zero attached hydrogens (tertiary/aromatic N) is 2. The van der Waals surface area contributed by atoms with Crippen LogP contribution in [0.5, 0.6) is 5.75 Å². The zero-order valence-electron chi connectivity index (χ0n) is 14.1. The Morgan fingerprint density at radius 1 is 0.846 bits per heavy atom. The molecule has 3 aromatic carbocycles. The highest BCUT2D eigenvalue weighted by Crippen LogP contribution is 2.28. The van der Waals surface area contributed by atoms with Gasteiger partial charge in [0.25, 0.3) is 0 Å². The van der Waals surface area contributed by atoms with Gasteiger partial charge in [-0.3, -0.25) is 0 Å². The molecule has 26 heavy (non-hydrogen) atoms. The average Bonchev–Trinajstić information content (AvgIpc) is 2.69. The van der Waals surface area contributed by atoms with Crippen LogP contribution in [0.3, 0.4) is 0 Å². The highest BCUT2D eigenvalue weighted by atomic mass is 19.1. The van der Waals surface area contributed by atoms with E-state index >= 15 is 0 Å². The van der Waals surface area contributed by atoms with Gasteiger partial charge < -0.3 is 10.1 Å². The fraction of sp³-hybridized carbons (Fsp3) is 0.0476. The SMILES string of the molecule is COc1ccc(Nc2nc(-c3ccc(F)cc3)nc3ccccc23)cc1. The maximum atomic E-state index is 13.2. The van der Waals surface area contributed by atoms with Crippen molar-refractivity contribution in [1.82, 2.24) is 9.97 Å². The molecule has 0 saturated heterocycles. The van der Waals surface area contributed by atoms with Crippen molar-refractivity contribution in [2.45, 2.75) is 0 Å². The lowest BCUT2D eigenvalue weighted by Gasteiger charge is -2.11. The first-order chi connectivity index (χ1) is 12.7. The Morgan fingerprint density at radius 3 is 2.31 bits per heavy atom. The molecule has 128 valence electrons. The highest BCUT2D eigenvalue weighted by molar-refractivity contribution is 5.92. The second-order valence-electron chi connectivity index (χ2n) is 5.77. The second-order valence-corrected chi connectivity index (χ2v) is 5.77. The van der Waals surface area contributed by atoms with E-state index in [2.05, 4.69) is 15.3 Å². The third kappa shape index (κ3) is 3.19. The molecular formula is C21H16FN3O. The first-order valence-corrected chi connectivity index (χ1v) is 8.17. The van der Waals surface area contributed by atoms with Gasteiger partial charge in [0.15, 0.2) is 5.82 Å². The predicted octanol–water partition coefficient (Wildman–Crippen LogP) is 5.19. The minimum absolute atomic E-state index is 0.286. The van der Waals surface area contributed by atoms with Crippen LogP contribution in [-0.2, 0) is 0 Å². The summed E-state index contributed by atoms with van der Waals surface area (Å²) in [5, 5.41) is 4.25. The van der Waals surface area contributed by atoms with E-state index in [0.29, 0.717) is 11.6 Å². The minimum atomic E-state index is -0.286. The van der Waals surface area contributed by atoms with Crippen molar-refractivity contribution < 1.29 is 9.13 Å². The molecule has 1 aromatic heterocycles. The average molecular weight is 345 g/mol. The third-order valence-corrected chi connectivity index (χ3v) is 4.06. The number of rotatable bonds is 4. The van der Waals surface area contributed by atoms with E-state index in [4.69, 9.17) is 4.74 Å². The number of aromatic nitrogens is 2. The Bertz CT molecular complexity index is 1050. The predicted molar refractivity (Wildman–Crippen MR) is 101 cm³/mol. The molecule has 4 aromatic rings. The van der Waals surface area contributed by atoms with Crippen LogP contribution in [0, 0.1) is 5.82 Å². The minimum Gasteiger partial charge on any atom is -0.497 e. The number of fused-ring (bicyclic) bond motifs is 1. The summed E-state index contributed by atoms with van der Waals surface area (Å²) < 4.78 is 18.4. The van der Waals surface area contributed by atoms with Crippen LogP contribution in [-0.4, -0.2) is 17.1 Å². The van der Waals surface area contributed by atoms with Crippen LogP contribution in [0.25, 0.3) is 22.3 Å². The van der Waals surface area contributed by atoms with Gasteiger partial charge >= 0.3 is 0 Å². The summed E-state index contributed by atoms with van der Waals surface area (Å²) in [7, 11) is 1.63. The van der Waals surface area contributed by atoms with Gasteiger partial charge in [0.2, 0.25) is 0 Å². The van der Waals surface area contributed by atoms with Crippen LogP contribution >= 0.6 is 0 Å². The van der Waals surface area contributed by atoms with Crippen LogP contribution in [0.4, 0.5) is 15.9 Å². The molecule has 4 rings (SSSR count). The Balaban J connectivity index is 1.79. The lowest BCUT2D eigenvalue weighted by molar-refractivity contribution is 0.415. The van der Waals surface area contributed by atoms with Gasteiger partial charge in [-0.2, -0.15) is 0 Å². The van der Waals surface area contributed by atoms with Gasteiger partial charge in [0, 0.05) is 16.6 Å². The van der Waals surface area contributed by atoms with Gasteiger partial charge in [0.05, 0.1) is 12.6 Å². The van der Waals surface area contributed by atoms with Gasteiger partial charge in [-0.15, -0.1) is 0 Å². The lowest BCUT2D eigenvalue weighted by atomic mass is 10.1. The van der Waals surface area contributed by atoms with E-state index < -0.39 is 0 Å². The number of methoxy groups -OCH3 is 1. The number of nitrogens with one attached hydrogen (secondary N) is 1. The third-order valence-electron chi connectivity index (χ3n) is 4.06. The molecule has 0 aliphatic rings. The van der Waals surface area contributed by atoms with Gasteiger partial charge in [-0.1, -0.05) is 12.1 Å². The molecule has 1 N–H and O–H groups in total. The van der Waals surface area contributed by atoms with E-state index in [1.807, 2.05) is 48.5 Å². The Hall–Kier alpha value is -3.47. The van der Waals surface area contributed by atoms with Crippen molar-refractivity contribution in [2.24, 2.45) is 0 Å². The van der Waals surface area contributed by atoms with Crippen LogP contribution in [0.1, 0.15) is 0 Å². The summed E-state index contributed by atoms with van der Waals surface area (Å²) in [6.45, 7) is 0. The Morgan fingerprint density at radius 2 is 1.58 bits per heavy atom. The molecule has 0 atom stereocenters. The van der Waals surface area contributed by atoms with Crippen LogP contribution in [0.2, 0.25) is 0 Å². The van der Waals surface area contributed by atoms with Gasteiger partial charge in [-0.05, 0) is 60.7 Å². The zero-order chi connectivity index (χ0) is 17.9. The van der Waals surface area contributed by atoms with Gasteiger partial charge in [0.1, 0.15) is 17.4 Å². The molecule has 0 amide bonds. The number of para-hydroxylation sites is 1. The number of ether oxygens (including phenoxy) is 1. The highest BCUT2D eigenvalue weighted by Gasteiger charge is 2.10.